The van der Waals surface area contributed by atoms with Gasteiger partial charge in [0, 0.05) is 4.47 Å². The normalized spacial score (nSPS) is 12.0. The summed E-state index contributed by atoms with van der Waals surface area (Å²) < 4.78 is 12.3. The first-order chi connectivity index (χ1) is 10.2. The highest BCUT2D eigenvalue weighted by atomic mass is 79.9. The summed E-state index contributed by atoms with van der Waals surface area (Å²) in [4.78, 5) is 0.1000. The minimum atomic E-state index is 0.1000. The van der Waals surface area contributed by atoms with Crippen LogP contribution in [0.15, 0.2) is 46.9 Å². The van der Waals surface area contributed by atoms with Crippen molar-refractivity contribution in [1.82, 2.24) is 0 Å². The molecule has 0 saturated heterocycles. The lowest BCUT2D eigenvalue weighted by Gasteiger charge is -2.17. The molecule has 0 saturated carbocycles. The summed E-state index contributed by atoms with van der Waals surface area (Å²) in [7, 11) is 0. The topological polar surface area (TPSA) is 18.5 Å². The molecule has 1 unspecified atom stereocenters. The van der Waals surface area contributed by atoms with Crippen molar-refractivity contribution in [3.05, 3.63) is 58.1 Å². The maximum absolute atomic E-state index is 5.70. The lowest BCUT2D eigenvalue weighted by Crippen LogP contribution is -2.01. The second kappa shape index (κ2) is 7.85. The van der Waals surface area contributed by atoms with Crippen LogP contribution in [0.4, 0.5) is 0 Å². The van der Waals surface area contributed by atoms with E-state index in [1.54, 1.807) is 0 Å². The summed E-state index contributed by atoms with van der Waals surface area (Å²) in [5, 5.41) is 0. The van der Waals surface area contributed by atoms with Crippen molar-refractivity contribution in [2.24, 2.45) is 0 Å². The fraction of sp³-hybridized carbons (Fsp3) is 0.294. The Kier molecular flexibility index (Phi) is 6.12. The van der Waals surface area contributed by atoms with Gasteiger partial charge < -0.3 is 9.47 Å². The van der Waals surface area contributed by atoms with Gasteiger partial charge in [0.25, 0.3) is 0 Å². The van der Waals surface area contributed by atoms with Crippen molar-refractivity contribution in [3.8, 4) is 11.5 Å². The standard InChI is InChI=1S/C17H18Br2O2/c1-3-20-15-10-13(14(18)11-16(15)21-4-2)17(19)12-8-6-5-7-9-12/h5-11,17H,3-4H2,1-2H3. The van der Waals surface area contributed by atoms with Crippen LogP contribution in [0.25, 0.3) is 0 Å². The highest BCUT2D eigenvalue weighted by Crippen LogP contribution is 2.41. The first-order valence-electron chi connectivity index (χ1n) is 6.95. The second-order valence-electron chi connectivity index (χ2n) is 4.46. The third-order valence-electron chi connectivity index (χ3n) is 3.03. The lowest BCUT2D eigenvalue weighted by molar-refractivity contribution is 0.287. The average Bonchev–Trinajstić information content (AvgIpc) is 2.50. The molecule has 0 radical (unpaired) electrons. The molecule has 0 spiro atoms. The molecule has 2 rings (SSSR count). The number of hydrogen-bond donors (Lipinski definition) is 0. The molecule has 0 fully saturated rings. The van der Waals surface area contributed by atoms with Crippen LogP contribution in [-0.2, 0) is 0 Å². The Morgan fingerprint density at radius 2 is 1.52 bits per heavy atom. The Morgan fingerprint density at radius 3 is 2.10 bits per heavy atom. The van der Waals surface area contributed by atoms with Gasteiger partial charge in [0.1, 0.15) is 0 Å². The molecule has 112 valence electrons. The Labute approximate surface area is 142 Å². The molecule has 0 amide bonds. The van der Waals surface area contributed by atoms with E-state index < -0.39 is 0 Å². The van der Waals surface area contributed by atoms with Crippen molar-refractivity contribution >= 4 is 31.9 Å². The van der Waals surface area contributed by atoms with E-state index in [1.807, 2.05) is 44.2 Å². The highest BCUT2D eigenvalue weighted by Gasteiger charge is 2.17. The third kappa shape index (κ3) is 4.01. The molecule has 2 nitrogen and oxygen atoms in total. The van der Waals surface area contributed by atoms with Gasteiger partial charge >= 0.3 is 0 Å². The van der Waals surface area contributed by atoms with Gasteiger partial charge in [-0.1, -0.05) is 62.2 Å². The molecular formula is C17H18Br2O2. The van der Waals surface area contributed by atoms with Gasteiger partial charge in [-0.05, 0) is 37.1 Å². The van der Waals surface area contributed by atoms with E-state index >= 15 is 0 Å². The van der Waals surface area contributed by atoms with Crippen LogP contribution in [0.5, 0.6) is 11.5 Å². The minimum absolute atomic E-state index is 0.1000. The fourth-order valence-corrected chi connectivity index (χ4v) is 3.63. The van der Waals surface area contributed by atoms with Crippen molar-refractivity contribution < 1.29 is 9.47 Å². The van der Waals surface area contributed by atoms with Gasteiger partial charge in [-0.3, -0.25) is 0 Å². The van der Waals surface area contributed by atoms with Gasteiger partial charge in [0.05, 0.1) is 18.0 Å². The molecule has 2 aromatic carbocycles. The molecule has 2 aromatic rings. The van der Waals surface area contributed by atoms with Crippen molar-refractivity contribution in [1.29, 1.82) is 0 Å². The maximum atomic E-state index is 5.70. The first-order valence-corrected chi connectivity index (χ1v) is 8.66. The molecule has 0 aromatic heterocycles. The summed E-state index contributed by atoms with van der Waals surface area (Å²) in [6.45, 7) is 5.16. The summed E-state index contributed by atoms with van der Waals surface area (Å²) in [6.07, 6.45) is 0. The Bertz CT molecular complexity index is 585. The van der Waals surface area contributed by atoms with Gasteiger partial charge in [-0.25, -0.2) is 0 Å². The summed E-state index contributed by atoms with van der Waals surface area (Å²) in [6, 6.07) is 14.3. The Balaban J connectivity index is 2.41. The van der Waals surface area contributed by atoms with E-state index in [4.69, 9.17) is 9.47 Å². The number of halogens is 2. The van der Waals surface area contributed by atoms with Gasteiger partial charge in [-0.2, -0.15) is 0 Å². The molecule has 0 heterocycles. The summed E-state index contributed by atoms with van der Waals surface area (Å²) in [5.41, 5.74) is 2.32. The lowest BCUT2D eigenvalue weighted by atomic mass is 10.0. The van der Waals surface area contributed by atoms with Crippen molar-refractivity contribution in [3.63, 3.8) is 0 Å². The van der Waals surface area contributed by atoms with Gasteiger partial charge in [-0.15, -0.1) is 0 Å². The first kappa shape index (κ1) is 16.4. The van der Waals surface area contributed by atoms with Crippen LogP contribution in [0.3, 0.4) is 0 Å². The number of alkyl halides is 1. The zero-order chi connectivity index (χ0) is 15.2. The van der Waals surface area contributed by atoms with Crippen LogP contribution in [-0.4, -0.2) is 13.2 Å². The minimum Gasteiger partial charge on any atom is -0.490 e. The number of ether oxygens (including phenoxy) is 2. The zero-order valence-corrected chi connectivity index (χ0v) is 15.3. The third-order valence-corrected chi connectivity index (χ3v) is 4.74. The monoisotopic (exact) mass is 412 g/mol. The molecule has 0 aliphatic carbocycles. The van der Waals surface area contributed by atoms with E-state index in [-0.39, 0.29) is 4.83 Å². The zero-order valence-electron chi connectivity index (χ0n) is 12.1. The smallest absolute Gasteiger partial charge is 0.162 e. The van der Waals surface area contributed by atoms with Crippen molar-refractivity contribution in [2.45, 2.75) is 18.7 Å². The fourth-order valence-electron chi connectivity index (χ4n) is 2.08. The highest BCUT2D eigenvalue weighted by molar-refractivity contribution is 9.11. The second-order valence-corrected chi connectivity index (χ2v) is 6.23. The predicted molar refractivity (Wildman–Crippen MR) is 93.7 cm³/mol. The number of hydrogen-bond acceptors (Lipinski definition) is 2. The maximum Gasteiger partial charge on any atom is 0.162 e. The predicted octanol–water partition coefficient (Wildman–Crippen LogP) is 5.73. The van der Waals surface area contributed by atoms with E-state index in [2.05, 4.69) is 44.0 Å². The van der Waals surface area contributed by atoms with Crippen molar-refractivity contribution in [2.75, 3.05) is 13.2 Å². The molecule has 0 aliphatic heterocycles. The van der Waals surface area contributed by atoms with Crippen LogP contribution in [0.1, 0.15) is 29.8 Å². The van der Waals surface area contributed by atoms with E-state index in [9.17, 15) is 0 Å². The molecule has 0 bridgehead atoms. The molecule has 21 heavy (non-hydrogen) atoms. The van der Waals surface area contributed by atoms with E-state index in [0.29, 0.717) is 13.2 Å². The molecule has 4 heteroatoms. The SMILES string of the molecule is CCOc1cc(Br)c(C(Br)c2ccccc2)cc1OCC. The van der Waals surface area contributed by atoms with E-state index in [0.717, 1.165) is 21.5 Å². The van der Waals surface area contributed by atoms with Gasteiger partial charge in [0.15, 0.2) is 11.5 Å². The molecule has 1 atom stereocenters. The average molecular weight is 414 g/mol. The van der Waals surface area contributed by atoms with Crippen LogP contribution >= 0.6 is 31.9 Å². The molecule has 0 N–H and O–H groups in total. The van der Waals surface area contributed by atoms with Crippen LogP contribution in [0.2, 0.25) is 0 Å². The number of rotatable bonds is 6. The van der Waals surface area contributed by atoms with Gasteiger partial charge in [0.2, 0.25) is 0 Å². The quantitative estimate of drug-likeness (QED) is 0.563. The van der Waals surface area contributed by atoms with E-state index in [1.165, 1.54) is 5.56 Å². The Hall–Kier alpha value is -1.00. The van der Waals surface area contributed by atoms with Crippen LogP contribution < -0.4 is 9.47 Å². The molecular weight excluding hydrogens is 396 g/mol. The largest absolute Gasteiger partial charge is 0.490 e. The Morgan fingerprint density at radius 1 is 0.952 bits per heavy atom. The summed E-state index contributed by atoms with van der Waals surface area (Å²) >= 11 is 7.40. The number of benzene rings is 2. The van der Waals surface area contributed by atoms with Crippen LogP contribution in [0, 0.1) is 0 Å². The summed E-state index contributed by atoms with van der Waals surface area (Å²) in [5.74, 6) is 1.54. The molecule has 0 aliphatic rings.